The number of methoxy groups -OCH3 is 1. The third kappa shape index (κ3) is 5.83. The third-order valence-corrected chi connectivity index (χ3v) is 5.71. The second-order valence-electron chi connectivity index (χ2n) is 5.83. The Kier molecular flexibility index (Phi) is 7.26. The molecule has 2 N–H and O–H groups in total. The van der Waals surface area contributed by atoms with Gasteiger partial charge in [0.25, 0.3) is 5.91 Å². The van der Waals surface area contributed by atoms with E-state index in [9.17, 15) is 23.2 Å². The van der Waals surface area contributed by atoms with Gasteiger partial charge in [0.05, 0.1) is 18.4 Å². The van der Waals surface area contributed by atoms with Crippen molar-refractivity contribution in [2.45, 2.75) is 4.34 Å². The smallest absolute Gasteiger partial charge is 0.337 e. The number of esters is 1. The molecule has 0 atom stereocenters. The number of nitrogens with one attached hydrogen (secondary N) is 2. The Balaban J connectivity index is 1.52. The lowest BCUT2D eigenvalue weighted by molar-refractivity contribution is -0.113. The van der Waals surface area contributed by atoms with Gasteiger partial charge < -0.3 is 10.1 Å². The number of hydrogen-bond donors (Lipinski definition) is 2. The average molecular weight is 464 g/mol. The fourth-order valence-electron chi connectivity index (χ4n) is 2.32. The number of nitrogens with zero attached hydrogens (tertiary/aromatic N) is 2. The number of anilines is 2. The number of rotatable bonds is 7. The predicted octanol–water partition coefficient (Wildman–Crippen LogP) is 3.59. The summed E-state index contributed by atoms with van der Waals surface area (Å²) < 4.78 is 32.3. The topological polar surface area (TPSA) is 110 Å². The summed E-state index contributed by atoms with van der Waals surface area (Å²) >= 11 is 2.02. The standard InChI is InChI=1S/C19H14F2N4O4S2/c1-29-17(28)10-5-7-11(8-6-10)22-14(26)9-30-19-25-24-18(31-19)23-16(27)15-12(20)3-2-4-13(15)21/h2-8H,9H2,1H3,(H,22,26)(H,23,24,27). The summed E-state index contributed by atoms with van der Waals surface area (Å²) in [5.41, 5.74) is 0.133. The Morgan fingerprint density at radius 3 is 2.35 bits per heavy atom. The highest BCUT2D eigenvalue weighted by Gasteiger charge is 2.19. The van der Waals surface area contributed by atoms with Gasteiger partial charge in [0, 0.05) is 5.69 Å². The van der Waals surface area contributed by atoms with E-state index in [1.165, 1.54) is 19.2 Å². The van der Waals surface area contributed by atoms with E-state index in [0.717, 1.165) is 41.3 Å². The minimum absolute atomic E-state index is 0.00325. The van der Waals surface area contributed by atoms with Gasteiger partial charge >= 0.3 is 5.97 Å². The van der Waals surface area contributed by atoms with Crippen LogP contribution in [0.1, 0.15) is 20.7 Å². The van der Waals surface area contributed by atoms with Crippen LogP contribution in [-0.2, 0) is 9.53 Å². The summed E-state index contributed by atoms with van der Waals surface area (Å²) in [5.74, 6) is -3.78. The fourth-order valence-corrected chi connectivity index (χ4v) is 3.87. The van der Waals surface area contributed by atoms with Crippen molar-refractivity contribution in [2.24, 2.45) is 0 Å². The van der Waals surface area contributed by atoms with E-state index in [2.05, 4.69) is 25.6 Å². The van der Waals surface area contributed by atoms with Gasteiger partial charge in [0.2, 0.25) is 11.0 Å². The first-order valence-corrected chi connectivity index (χ1v) is 10.4. The zero-order chi connectivity index (χ0) is 22.4. The number of amides is 2. The molecule has 0 saturated carbocycles. The number of ether oxygens (including phenoxy) is 1. The van der Waals surface area contributed by atoms with Crippen molar-refractivity contribution >= 4 is 51.7 Å². The number of carbonyl (C=O) groups is 3. The van der Waals surface area contributed by atoms with Crippen molar-refractivity contribution in [1.29, 1.82) is 0 Å². The zero-order valence-electron chi connectivity index (χ0n) is 15.8. The molecule has 31 heavy (non-hydrogen) atoms. The molecule has 2 amide bonds. The average Bonchev–Trinajstić information content (AvgIpc) is 3.19. The number of thioether (sulfide) groups is 1. The molecule has 0 aliphatic rings. The van der Waals surface area contributed by atoms with Crippen LogP contribution < -0.4 is 10.6 Å². The Labute approximate surface area is 183 Å². The van der Waals surface area contributed by atoms with Crippen molar-refractivity contribution < 1.29 is 27.9 Å². The monoisotopic (exact) mass is 464 g/mol. The van der Waals surface area contributed by atoms with Gasteiger partial charge in [-0.25, -0.2) is 13.6 Å². The van der Waals surface area contributed by atoms with Gasteiger partial charge in [-0.05, 0) is 36.4 Å². The molecule has 0 spiro atoms. The quantitative estimate of drug-likeness (QED) is 0.312. The Morgan fingerprint density at radius 1 is 1.03 bits per heavy atom. The molecule has 0 unspecified atom stereocenters. The zero-order valence-corrected chi connectivity index (χ0v) is 17.5. The molecule has 8 nitrogen and oxygen atoms in total. The van der Waals surface area contributed by atoms with Crippen molar-refractivity contribution in [3.63, 3.8) is 0 Å². The molecule has 3 rings (SSSR count). The molecule has 160 valence electrons. The Hall–Kier alpha value is -3.38. The number of hydrogen-bond acceptors (Lipinski definition) is 8. The summed E-state index contributed by atoms with van der Waals surface area (Å²) in [6.07, 6.45) is 0. The molecule has 2 aromatic carbocycles. The Bertz CT molecular complexity index is 1100. The number of halogens is 2. The van der Waals surface area contributed by atoms with E-state index >= 15 is 0 Å². The van der Waals surface area contributed by atoms with Crippen molar-refractivity contribution in [1.82, 2.24) is 10.2 Å². The lowest BCUT2D eigenvalue weighted by atomic mass is 10.2. The normalized spacial score (nSPS) is 10.4. The summed E-state index contributed by atoms with van der Waals surface area (Å²) in [6.45, 7) is 0. The summed E-state index contributed by atoms with van der Waals surface area (Å²) in [5, 5.41) is 12.5. The second-order valence-corrected chi connectivity index (χ2v) is 8.03. The van der Waals surface area contributed by atoms with Crippen LogP contribution in [0.4, 0.5) is 19.6 Å². The van der Waals surface area contributed by atoms with Gasteiger partial charge in [0.15, 0.2) is 4.34 Å². The van der Waals surface area contributed by atoms with Gasteiger partial charge in [0.1, 0.15) is 17.2 Å². The van der Waals surface area contributed by atoms with Gasteiger partial charge in [-0.3, -0.25) is 14.9 Å². The van der Waals surface area contributed by atoms with E-state index in [0.29, 0.717) is 15.6 Å². The van der Waals surface area contributed by atoms with E-state index in [4.69, 9.17) is 0 Å². The van der Waals surface area contributed by atoms with E-state index < -0.39 is 29.1 Å². The molecule has 12 heteroatoms. The number of benzene rings is 2. The summed E-state index contributed by atoms with van der Waals surface area (Å²) in [4.78, 5) is 35.6. The van der Waals surface area contributed by atoms with E-state index in [-0.39, 0.29) is 16.8 Å². The van der Waals surface area contributed by atoms with Gasteiger partial charge in [-0.1, -0.05) is 29.2 Å². The molecule has 0 fully saturated rings. The predicted molar refractivity (Wildman–Crippen MR) is 111 cm³/mol. The lowest BCUT2D eigenvalue weighted by Crippen LogP contribution is -2.15. The highest BCUT2D eigenvalue weighted by atomic mass is 32.2. The molecular weight excluding hydrogens is 450 g/mol. The fraction of sp³-hybridized carbons (Fsp3) is 0.105. The maximum Gasteiger partial charge on any atom is 0.337 e. The summed E-state index contributed by atoms with van der Waals surface area (Å²) in [6, 6.07) is 9.27. The molecule has 0 aliphatic carbocycles. The van der Waals surface area contributed by atoms with Gasteiger partial charge in [-0.2, -0.15) is 0 Å². The highest BCUT2D eigenvalue weighted by Crippen LogP contribution is 2.26. The van der Waals surface area contributed by atoms with Crippen LogP contribution in [0.25, 0.3) is 0 Å². The molecule has 3 aromatic rings. The number of carbonyl (C=O) groups excluding carboxylic acids is 3. The molecule has 0 saturated heterocycles. The molecule has 1 aromatic heterocycles. The molecule has 0 radical (unpaired) electrons. The Morgan fingerprint density at radius 2 is 1.71 bits per heavy atom. The lowest BCUT2D eigenvalue weighted by Gasteiger charge is -2.05. The maximum absolute atomic E-state index is 13.7. The molecule has 0 bridgehead atoms. The summed E-state index contributed by atoms with van der Waals surface area (Å²) in [7, 11) is 1.28. The molecule has 1 heterocycles. The van der Waals surface area contributed by atoms with Crippen molar-refractivity contribution in [2.75, 3.05) is 23.5 Å². The third-order valence-electron chi connectivity index (χ3n) is 3.73. The van der Waals surface area contributed by atoms with Crippen LogP contribution in [0.2, 0.25) is 0 Å². The van der Waals surface area contributed by atoms with E-state index in [1.54, 1.807) is 12.1 Å². The minimum atomic E-state index is -0.993. The van der Waals surface area contributed by atoms with E-state index in [1.807, 2.05) is 0 Å². The minimum Gasteiger partial charge on any atom is -0.465 e. The first-order chi connectivity index (χ1) is 14.9. The number of aromatic nitrogens is 2. The van der Waals surface area contributed by atoms with Crippen molar-refractivity contribution in [3.05, 3.63) is 65.2 Å². The first-order valence-electron chi connectivity index (χ1n) is 8.57. The van der Waals surface area contributed by atoms with Crippen LogP contribution in [0, 0.1) is 11.6 Å². The second kappa shape index (κ2) is 10.1. The van der Waals surface area contributed by atoms with Crippen LogP contribution in [-0.4, -0.2) is 40.8 Å². The van der Waals surface area contributed by atoms with Crippen LogP contribution >= 0.6 is 23.1 Å². The largest absolute Gasteiger partial charge is 0.465 e. The maximum atomic E-state index is 13.7. The first kappa shape index (κ1) is 22.3. The van der Waals surface area contributed by atoms with Crippen LogP contribution in [0.15, 0.2) is 46.8 Å². The SMILES string of the molecule is COC(=O)c1ccc(NC(=O)CSc2nnc(NC(=O)c3c(F)cccc3F)s2)cc1. The highest BCUT2D eigenvalue weighted by molar-refractivity contribution is 8.01. The van der Waals surface area contributed by atoms with Crippen molar-refractivity contribution in [3.8, 4) is 0 Å². The van der Waals surface area contributed by atoms with Gasteiger partial charge in [-0.15, -0.1) is 10.2 Å². The van der Waals surface area contributed by atoms with Crippen LogP contribution in [0.3, 0.4) is 0 Å². The molecule has 0 aliphatic heterocycles. The molecular formula is C19H14F2N4O4S2. The van der Waals surface area contributed by atoms with Crippen LogP contribution in [0.5, 0.6) is 0 Å².